The summed E-state index contributed by atoms with van der Waals surface area (Å²) in [5, 5.41) is 9.81. The minimum atomic E-state index is -0.320. The molecule has 1 heterocycles. The number of rotatable bonds is 6. The number of carbonyl (C=O) groups excluding carboxylic acids is 3. The number of aromatic nitrogens is 2. The fourth-order valence-electron chi connectivity index (χ4n) is 3.15. The zero-order valence-corrected chi connectivity index (χ0v) is 14.5. The van der Waals surface area contributed by atoms with Crippen molar-refractivity contribution in [3.63, 3.8) is 0 Å². The van der Waals surface area contributed by atoms with Crippen molar-refractivity contribution in [1.82, 2.24) is 15.1 Å². The standard InChI is InChI=1S/C19H22N4O3/c24-13-16-11-17(21-19(26)14-7-3-1-4-8-14)22-23(16)12-18(25)20-15-9-5-2-6-10-15/h1,3-4,7-8,11,13,15H,2,5-6,9-10,12H2,(H,20,25)(H,21,22,26). The number of anilines is 1. The van der Waals surface area contributed by atoms with Gasteiger partial charge in [0.1, 0.15) is 12.2 Å². The zero-order valence-electron chi connectivity index (χ0n) is 14.5. The van der Waals surface area contributed by atoms with Crippen LogP contribution in [0.15, 0.2) is 36.4 Å². The van der Waals surface area contributed by atoms with Gasteiger partial charge in [-0.1, -0.05) is 37.5 Å². The Morgan fingerprint density at radius 1 is 1.15 bits per heavy atom. The van der Waals surface area contributed by atoms with Crippen LogP contribution in [0.1, 0.15) is 53.0 Å². The minimum absolute atomic E-state index is 0.0498. The van der Waals surface area contributed by atoms with Gasteiger partial charge in [-0.3, -0.25) is 19.1 Å². The van der Waals surface area contributed by atoms with Crippen molar-refractivity contribution in [2.75, 3.05) is 5.32 Å². The molecule has 1 aliphatic rings. The molecule has 2 aromatic rings. The van der Waals surface area contributed by atoms with E-state index < -0.39 is 0 Å². The Balaban J connectivity index is 1.63. The Morgan fingerprint density at radius 2 is 1.88 bits per heavy atom. The molecule has 0 spiro atoms. The Hall–Kier alpha value is -2.96. The summed E-state index contributed by atoms with van der Waals surface area (Å²) in [5.41, 5.74) is 0.733. The predicted octanol–water partition coefficient (Wildman–Crippen LogP) is 2.40. The molecule has 0 atom stereocenters. The first-order chi connectivity index (χ1) is 12.7. The van der Waals surface area contributed by atoms with E-state index in [2.05, 4.69) is 15.7 Å². The lowest BCUT2D eigenvalue weighted by Gasteiger charge is -2.22. The third-order valence-corrected chi connectivity index (χ3v) is 4.47. The predicted molar refractivity (Wildman–Crippen MR) is 97.0 cm³/mol. The molecule has 1 aromatic carbocycles. The van der Waals surface area contributed by atoms with E-state index in [0.717, 1.165) is 25.7 Å². The molecule has 1 aromatic heterocycles. The van der Waals surface area contributed by atoms with Crippen LogP contribution in [-0.4, -0.2) is 33.9 Å². The van der Waals surface area contributed by atoms with Crippen molar-refractivity contribution in [3.8, 4) is 0 Å². The maximum Gasteiger partial charge on any atom is 0.256 e. The third-order valence-electron chi connectivity index (χ3n) is 4.47. The molecule has 7 nitrogen and oxygen atoms in total. The third kappa shape index (κ3) is 4.56. The lowest BCUT2D eigenvalue weighted by Crippen LogP contribution is -2.38. The molecule has 0 aliphatic heterocycles. The highest BCUT2D eigenvalue weighted by Gasteiger charge is 2.18. The van der Waals surface area contributed by atoms with Gasteiger partial charge in [-0.2, -0.15) is 5.10 Å². The number of hydrogen-bond donors (Lipinski definition) is 2. The first-order valence-corrected chi connectivity index (χ1v) is 8.84. The second-order valence-electron chi connectivity index (χ2n) is 6.45. The number of nitrogens with one attached hydrogen (secondary N) is 2. The topological polar surface area (TPSA) is 93.1 Å². The molecule has 2 N–H and O–H groups in total. The quantitative estimate of drug-likeness (QED) is 0.779. The van der Waals surface area contributed by atoms with E-state index in [-0.39, 0.29) is 35.9 Å². The summed E-state index contributed by atoms with van der Waals surface area (Å²) in [5.74, 6) is -0.255. The highest BCUT2D eigenvalue weighted by Crippen LogP contribution is 2.17. The number of benzene rings is 1. The van der Waals surface area contributed by atoms with Crippen molar-refractivity contribution in [2.45, 2.75) is 44.7 Å². The van der Waals surface area contributed by atoms with E-state index in [9.17, 15) is 14.4 Å². The van der Waals surface area contributed by atoms with Crippen molar-refractivity contribution < 1.29 is 14.4 Å². The largest absolute Gasteiger partial charge is 0.352 e. The van der Waals surface area contributed by atoms with Crippen molar-refractivity contribution >= 4 is 23.9 Å². The van der Waals surface area contributed by atoms with Crippen LogP contribution < -0.4 is 10.6 Å². The fraction of sp³-hybridized carbons (Fsp3) is 0.368. The molecular weight excluding hydrogens is 332 g/mol. The summed E-state index contributed by atoms with van der Waals surface area (Å²) in [6.07, 6.45) is 6.07. The smallest absolute Gasteiger partial charge is 0.256 e. The van der Waals surface area contributed by atoms with Gasteiger partial charge in [0, 0.05) is 17.7 Å². The molecule has 136 valence electrons. The van der Waals surface area contributed by atoms with Crippen LogP contribution in [0, 0.1) is 0 Å². The molecular formula is C19H22N4O3. The van der Waals surface area contributed by atoms with Gasteiger partial charge in [0.2, 0.25) is 5.91 Å². The summed E-state index contributed by atoms with van der Waals surface area (Å²) in [4.78, 5) is 35.7. The minimum Gasteiger partial charge on any atom is -0.352 e. The number of amides is 2. The Morgan fingerprint density at radius 3 is 2.58 bits per heavy atom. The second kappa shape index (κ2) is 8.42. The molecule has 0 bridgehead atoms. The van der Waals surface area contributed by atoms with Gasteiger partial charge in [0.15, 0.2) is 12.1 Å². The average molecular weight is 354 g/mol. The monoisotopic (exact) mass is 354 g/mol. The molecule has 1 fully saturated rings. The van der Waals surface area contributed by atoms with Crippen LogP contribution in [0.4, 0.5) is 5.82 Å². The number of carbonyl (C=O) groups is 3. The summed E-state index contributed by atoms with van der Waals surface area (Å²) in [6, 6.07) is 10.4. The van der Waals surface area contributed by atoms with Crippen molar-refractivity contribution in [1.29, 1.82) is 0 Å². The van der Waals surface area contributed by atoms with Gasteiger partial charge in [-0.05, 0) is 25.0 Å². The summed E-state index contributed by atoms with van der Waals surface area (Å²) in [7, 11) is 0. The van der Waals surface area contributed by atoms with Gasteiger partial charge in [0.25, 0.3) is 5.91 Å². The highest BCUT2D eigenvalue weighted by molar-refractivity contribution is 6.04. The van der Waals surface area contributed by atoms with E-state index in [4.69, 9.17) is 0 Å². The Kier molecular flexibility index (Phi) is 5.78. The maximum absolute atomic E-state index is 12.2. The van der Waals surface area contributed by atoms with Crippen LogP contribution in [0.5, 0.6) is 0 Å². The van der Waals surface area contributed by atoms with Crippen LogP contribution >= 0.6 is 0 Å². The normalized spacial score (nSPS) is 14.6. The average Bonchev–Trinajstić information content (AvgIpc) is 3.04. The Labute approximate surface area is 151 Å². The first kappa shape index (κ1) is 17.8. The van der Waals surface area contributed by atoms with E-state index >= 15 is 0 Å². The second-order valence-corrected chi connectivity index (χ2v) is 6.45. The zero-order chi connectivity index (χ0) is 18.4. The van der Waals surface area contributed by atoms with Gasteiger partial charge in [-0.25, -0.2) is 0 Å². The van der Waals surface area contributed by atoms with E-state index in [1.54, 1.807) is 24.3 Å². The van der Waals surface area contributed by atoms with Crippen LogP contribution in [0.25, 0.3) is 0 Å². The Bertz CT molecular complexity index is 779. The molecule has 0 saturated heterocycles. The van der Waals surface area contributed by atoms with Crippen LogP contribution in [-0.2, 0) is 11.3 Å². The van der Waals surface area contributed by atoms with E-state index in [1.807, 2.05) is 6.07 Å². The molecule has 0 unspecified atom stereocenters. The van der Waals surface area contributed by atoms with Gasteiger partial charge in [0.05, 0.1) is 0 Å². The summed E-state index contributed by atoms with van der Waals surface area (Å²) in [6.45, 7) is -0.0498. The molecule has 0 radical (unpaired) electrons. The molecule has 1 saturated carbocycles. The SMILES string of the molecule is O=Cc1cc(NC(=O)c2ccccc2)nn1CC(=O)NC1CCCCC1. The molecule has 3 rings (SSSR count). The summed E-state index contributed by atoms with van der Waals surface area (Å²) < 4.78 is 1.31. The summed E-state index contributed by atoms with van der Waals surface area (Å²) >= 11 is 0. The van der Waals surface area contributed by atoms with Crippen LogP contribution in [0.3, 0.4) is 0 Å². The molecule has 1 aliphatic carbocycles. The number of nitrogens with zero attached hydrogens (tertiary/aromatic N) is 2. The van der Waals surface area contributed by atoms with Gasteiger partial charge < -0.3 is 10.6 Å². The van der Waals surface area contributed by atoms with Gasteiger partial charge in [-0.15, -0.1) is 0 Å². The number of hydrogen-bond acceptors (Lipinski definition) is 4. The molecule has 2 amide bonds. The lowest BCUT2D eigenvalue weighted by molar-refractivity contribution is -0.122. The maximum atomic E-state index is 12.2. The van der Waals surface area contributed by atoms with E-state index in [0.29, 0.717) is 11.8 Å². The molecule has 26 heavy (non-hydrogen) atoms. The first-order valence-electron chi connectivity index (χ1n) is 8.84. The lowest BCUT2D eigenvalue weighted by atomic mass is 9.95. The van der Waals surface area contributed by atoms with Crippen LogP contribution in [0.2, 0.25) is 0 Å². The van der Waals surface area contributed by atoms with Gasteiger partial charge >= 0.3 is 0 Å². The van der Waals surface area contributed by atoms with Crippen molar-refractivity contribution in [3.05, 3.63) is 47.7 Å². The number of aldehydes is 1. The van der Waals surface area contributed by atoms with Crippen molar-refractivity contribution in [2.24, 2.45) is 0 Å². The van der Waals surface area contributed by atoms with E-state index in [1.165, 1.54) is 17.2 Å². The molecule has 7 heteroatoms. The fourth-order valence-corrected chi connectivity index (χ4v) is 3.15. The highest BCUT2D eigenvalue weighted by atomic mass is 16.2.